The Morgan fingerprint density at radius 1 is 1.33 bits per heavy atom. The molecule has 1 aromatic rings. The van der Waals surface area contributed by atoms with E-state index in [-0.39, 0.29) is 0 Å². The van der Waals surface area contributed by atoms with Crippen LogP contribution in [0.3, 0.4) is 0 Å². The lowest BCUT2D eigenvalue weighted by Gasteiger charge is -2.11. The van der Waals surface area contributed by atoms with Crippen molar-refractivity contribution in [2.45, 2.75) is 13.0 Å². The van der Waals surface area contributed by atoms with Crippen LogP contribution in [0, 0.1) is 0 Å². The van der Waals surface area contributed by atoms with E-state index in [2.05, 4.69) is 5.32 Å². The summed E-state index contributed by atoms with van der Waals surface area (Å²) in [4.78, 5) is 22.3. The molecule has 15 heavy (non-hydrogen) atoms. The number of amides is 2. The second-order valence-corrected chi connectivity index (χ2v) is 3.18. The van der Waals surface area contributed by atoms with Gasteiger partial charge in [-0.1, -0.05) is 12.1 Å². The Hall–Kier alpha value is -2.04. The fraction of sp³-hybridized carbons (Fsp3) is 0.200. The maximum Gasteiger partial charge on any atom is 0.254 e. The molecule has 0 aliphatic rings. The molecule has 5 nitrogen and oxygen atoms in total. The van der Waals surface area contributed by atoms with E-state index in [0.29, 0.717) is 11.3 Å². The van der Waals surface area contributed by atoms with E-state index in [1.807, 2.05) is 0 Å². The van der Waals surface area contributed by atoms with Gasteiger partial charge in [-0.15, -0.1) is 0 Å². The van der Waals surface area contributed by atoms with Gasteiger partial charge in [0.05, 0.1) is 5.56 Å². The molecule has 0 fully saturated rings. The molecule has 0 aliphatic heterocycles. The van der Waals surface area contributed by atoms with Crippen LogP contribution in [-0.4, -0.2) is 17.9 Å². The second kappa shape index (κ2) is 4.45. The van der Waals surface area contributed by atoms with E-state index in [9.17, 15) is 9.59 Å². The third-order valence-electron chi connectivity index (χ3n) is 1.98. The Morgan fingerprint density at radius 3 is 2.47 bits per heavy atom. The van der Waals surface area contributed by atoms with Gasteiger partial charge in [0.2, 0.25) is 5.91 Å². The van der Waals surface area contributed by atoms with Crippen molar-refractivity contribution < 1.29 is 9.59 Å². The molecule has 0 aliphatic carbocycles. The van der Waals surface area contributed by atoms with E-state index >= 15 is 0 Å². The summed E-state index contributed by atoms with van der Waals surface area (Å²) in [5.74, 6) is -0.989. The van der Waals surface area contributed by atoms with Gasteiger partial charge in [0.15, 0.2) is 0 Å². The van der Waals surface area contributed by atoms with Gasteiger partial charge in [0.1, 0.15) is 6.04 Å². The van der Waals surface area contributed by atoms with Crippen LogP contribution >= 0.6 is 0 Å². The zero-order valence-electron chi connectivity index (χ0n) is 8.36. The van der Waals surface area contributed by atoms with Gasteiger partial charge in [0.25, 0.3) is 5.91 Å². The molecule has 0 heterocycles. The predicted octanol–water partition coefficient (Wildman–Crippen LogP) is -0.128. The van der Waals surface area contributed by atoms with E-state index in [1.54, 1.807) is 24.3 Å². The van der Waals surface area contributed by atoms with Crippen molar-refractivity contribution in [2.75, 3.05) is 5.73 Å². The highest BCUT2D eigenvalue weighted by molar-refractivity contribution is 6.01. The minimum atomic E-state index is -0.711. The SMILES string of the molecule is C[C@@H](NC(=O)c1ccccc1N)C(N)=O. The Bertz CT molecular complexity index is 390. The van der Waals surface area contributed by atoms with Crippen LogP contribution in [0.2, 0.25) is 0 Å². The topological polar surface area (TPSA) is 98.2 Å². The zero-order chi connectivity index (χ0) is 11.4. The van der Waals surface area contributed by atoms with Crippen LogP contribution in [0.15, 0.2) is 24.3 Å². The summed E-state index contributed by atoms with van der Waals surface area (Å²) >= 11 is 0. The Kier molecular flexibility index (Phi) is 3.28. The molecule has 1 atom stereocenters. The highest BCUT2D eigenvalue weighted by Gasteiger charge is 2.14. The molecular weight excluding hydrogens is 194 g/mol. The maximum absolute atomic E-state index is 11.6. The number of nitrogens with two attached hydrogens (primary N) is 2. The van der Waals surface area contributed by atoms with Crippen molar-refractivity contribution in [1.29, 1.82) is 0 Å². The van der Waals surface area contributed by atoms with Gasteiger partial charge in [-0.25, -0.2) is 0 Å². The number of para-hydroxylation sites is 1. The number of nitrogens with one attached hydrogen (secondary N) is 1. The van der Waals surface area contributed by atoms with Crippen molar-refractivity contribution in [3.05, 3.63) is 29.8 Å². The highest BCUT2D eigenvalue weighted by atomic mass is 16.2. The summed E-state index contributed by atoms with van der Waals surface area (Å²) in [6.07, 6.45) is 0. The fourth-order valence-corrected chi connectivity index (χ4v) is 1.05. The van der Waals surface area contributed by atoms with E-state index < -0.39 is 17.9 Å². The van der Waals surface area contributed by atoms with Crippen molar-refractivity contribution in [3.63, 3.8) is 0 Å². The molecule has 0 saturated carbocycles. The van der Waals surface area contributed by atoms with Crippen LogP contribution in [0.5, 0.6) is 0 Å². The predicted molar refractivity (Wildman–Crippen MR) is 57.0 cm³/mol. The normalized spacial score (nSPS) is 11.8. The third-order valence-corrected chi connectivity index (χ3v) is 1.98. The van der Waals surface area contributed by atoms with Crippen LogP contribution in [0.4, 0.5) is 5.69 Å². The first-order valence-electron chi connectivity index (χ1n) is 4.47. The van der Waals surface area contributed by atoms with Crippen LogP contribution < -0.4 is 16.8 Å². The number of hydrogen-bond acceptors (Lipinski definition) is 3. The number of benzene rings is 1. The Morgan fingerprint density at radius 2 is 1.93 bits per heavy atom. The van der Waals surface area contributed by atoms with Crippen LogP contribution in [0.1, 0.15) is 17.3 Å². The first-order chi connectivity index (χ1) is 7.02. The standard InChI is InChI=1S/C10H13N3O2/c1-6(9(12)14)13-10(15)7-4-2-3-5-8(7)11/h2-6H,11H2,1H3,(H2,12,14)(H,13,15)/t6-/m1/s1. The molecule has 0 unspecified atom stereocenters. The summed E-state index contributed by atoms with van der Waals surface area (Å²) in [6.45, 7) is 1.51. The minimum Gasteiger partial charge on any atom is -0.398 e. The number of hydrogen-bond donors (Lipinski definition) is 3. The quantitative estimate of drug-likeness (QED) is 0.602. The van der Waals surface area contributed by atoms with Crippen LogP contribution in [-0.2, 0) is 4.79 Å². The molecule has 1 rings (SSSR count). The van der Waals surface area contributed by atoms with E-state index in [0.717, 1.165) is 0 Å². The van der Waals surface area contributed by atoms with Gasteiger partial charge < -0.3 is 16.8 Å². The molecule has 2 amide bonds. The lowest BCUT2D eigenvalue weighted by Crippen LogP contribution is -2.42. The summed E-state index contributed by atoms with van der Waals surface area (Å²) in [7, 11) is 0. The summed E-state index contributed by atoms with van der Waals surface area (Å²) in [5, 5.41) is 2.44. The van der Waals surface area contributed by atoms with Crippen molar-refractivity contribution >= 4 is 17.5 Å². The van der Waals surface area contributed by atoms with Crippen LogP contribution in [0.25, 0.3) is 0 Å². The smallest absolute Gasteiger partial charge is 0.254 e. The van der Waals surface area contributed by atoms with E-state index in [4.69, 9.17) is 11.5 Å². The number of carbonyl (C=O) groups is 2. The molecule has 5 heteroatoms. The second-order valence-electron chi connectivity index (χ2n) is 3.18. The summed E-state index contributed by atoms with van der Waals surface area (Å²) in [6, 6.07) is 5.91. The first-order valence-corrected chi connectivity index (χ1v) is 4.47. The molecular formula is C10H13N3O2. The fourth-order valence-electron chi connectivity index (χ4n) is 1.05. The molecule has 5 N–H and O–H groups in total. The van der Waals surface area contributed by atoms with Gasteiger partial charge in [-0.05, 0) is 19.1 Å². The average Bonchev–Trinajstić information content (AvgIpc) is 2.18. The molecule has 0 bridgehead atoms. The Balaban J connectivity index is 2.78. The monoisotopic (exact) mass is 207 g/mol. The lowest BCUT2D eigenvalue weighted by atomic mass is 10.1. The number of nitrogen functional groups attached to an aromatic ring is 1. The van der Waals surface area contributed by atoms with Gasteiger partial charge >= 0.3 is 0 Å². The summed E-state index contributed by atoms with van der Waals surface area (Å²) < 4.78 is 0. The molecule has 1 aromatic carbocycles. The molecule has 80 valence electrons. The lowest BCUT2D eigenvalue weighted by molar-refractivity contribution is -0.119. The number of primary amides is 1. The number of carbonyl (C=O) groups excluding carboxylic acids is 2. The highest BCUT2D eigenvalue weighted by Crippen LogP contribution is 2.09. The maximum atomic E-state index is 11.6. The molecule has 0 saturated heterocycles. The van der Waals surface area contributed by atoms with Gasteiger partial charge in [-0.3, -0.25) is 9.59 Å². The summed E-state index contributed by atoms with van der Waals surface area (Å²) in [5.41, 5.74) is 11.3. The first kappa shape index (κ1) is 11.0. The van der Waals surface area contributed by atoms with Crippen molar-refractivity contribution in [1.82, 2.24) is 5.32 Å². The number of rotatable bonds is 3. The Labute approximate surface area is 87.4 Å². The zero-order valence-corrected chi connectivity index (χ0v) is 8.36. The molecule has 0 aromatic heterocycles. The largest absolute Gasteiger partial charge is 0.398 e. The third kappa shape index (κ3) is 2.70. The molecule has 0 radical (unpaired) electrons. The molecule has 0 spiro atoms. The van der Waals surface area contributed by atoms with Crippen molar-refractivity contribution in [2.24, 2.45) is 5.73 Å². The van der Waals surface area contributed by atoms with Gasteiger partial charge in [-0.2, -0.15) is 0 Å². The van der Waals surface area contributed by atoms with Crippen molar-refractivity contribution in [3.8, 4) is 0 Å². The number of anilines is 1. The minimum absolute atomic E-state index is 0.339. The van der Waals surface area contributed by atoms with Gasteiger partial charge in [0, 0.05) is 5.69 Å². The van der Waals surface area contributed by atoms with E-state index in [1.165, 1.54) is 6.92 Å². The average molecular weight is 207 g/mol.